The van der Waals surface area contributed by atoms with E-state index in [4.69, 9.17) is 9.47 Å². The minimum absolute atomic E-state index is 0.0797. The SMILES string of the molecule is CC(C)Cn1c(CNC(=O)Cc2ccc3c(c2)OCO3)nnc1SCc1ccncc1. The van der Waals surface area contributed by atoms with Gasteiger partial charge in [-0.1, -0.05) is 31.7 Å². The average molecular weight is 440 g/mol. The number of amides is 1. The molecule has 3 aromatic rings. The molecule has 0 aliphatic carbocycles. The van der Waals surface area contributed by atoms with Crippen molar-refractivity contribution in [3.8, 4) is 11.5 Å². The predicted octanol–water partition coefficient (Wildman–Crippen LogP) is 3.21. The summed E-state index contributed by atoms with van der Waals surface area (Å²) in [5, 5.41) is 12.5. The largest absolute Gasteiger partial charge is 0.454 e. The molecule has 162 valence electrons. The highest BCUT2D eigenvalue weighted by molar-refractivity contribution is 7.98. The zero-order valence-electron chi connectivity index (χ0n) is 17.6. The summed E-state index contributed by atoms with van der Waals surface area (Å²) in [6.45, 7) is 5.65. The molecule has 0 fully saturated rings. The molecule has 9 heteroatoms. The van der Waals surface area contributed by atoms with Crippen LogP contribution >= 0.6 is 11.8 Å². The van der Waals surface area contributed by atoms with Crippen LogP contribution < -0.4 is 14.8 Å². The third-order valence-corrected chi connectivity index (χ3v) is 5.74. The lowest BCUT2D eigenvalue weighted by Gasteiger charge is -2.13. The van der Waals surface area contributed by atoms with Crippen LogP contribution in [-0.4, -0.2) is 32.4 Å². The molecule has 1 aliphatic heterocycles. The summed E-state index contributed by atoms with van der Waals surface area (Å²) in [6.07, 6.45) is 3.84. The lowest BCUT2D eigenvalue weighted by atomic mass is 10.1. The van der Waals surface area contributed by atoms with Gasteiger partial charge in [-0.2, -0.15) is 0 Å². The van der Waals surface area contributed by atoms with E-state index in [2.05, 4.69) is 38.9 Å². The molecular formula is C22H25N5O3S. The van der Waals surface area contributed by atoms with E-state index in [0.717, 1.165) is 28.8 Å². The molecule has 31 heavy (non-hydrogen) atoms. The highest BCUT2D eigenvalue weighted by Crippen LogP contribution is 2.32. The van der Waals surface area contributed by atoms with E-state index >= 15 is 0 Å². The number of hydrogen-bond donors (Lipinski definition) is 1. The number of carbonyl (C=O) groups excluding carboxylic acids is 1. The molecule has 0 spiro atoms. The van der Waals surface area contributed by atoms with Gasteiger partial charge in [0.15, 0.2) is 22.5 Å². The smallest absolute Gasteiger partial charge is 0.231 e. The molecule has 0 radical (unpaired) electrons. The Labute approximate surface area is 185 Å². The first kappa shape index (κ1) is 21.2. The first-order valence-corrected chi connectivity index (χ1v) is 11.2. The average Bonchev–Trinajstić information content (AvgIpc) is 3.37. The maximum atomic E-state index is 12.5. The molecular weight excluding hydrogens is 414 g/mol. The fourth-order valence-electron chi connectivity index (χ4n) is 3.21. The fourth-order valence-corrected chi connectivity index (χ4v) is 4.13. The van der Waals surface area contributed by atoms with Gasteiger partial charge >= 0.3 is 0 Å². The minimum Gasteiger partial charge on any atom is -0.454 e. The Kier molecular flexibility index (Phi) is 6.71. The molecule has 1 aliphatic rings. The normalized spacial score (nSPS) is 12.4. The van der Waals surface area contributed by atoms with Gasteiger partial charge in [0.1, 0.15) is 0 Å². The summed E-state index contributed by atoms with van der Waals surface area (Å²) < 4.78 is 12.8. The summed E-state index contributed by atoms with van der Waals surface area (Å²) in [4.78, 5) is 16.5. The molecule has 1 N–H and O–H groups in total. The second-order valence-electron chi connectivity index (χ2n) is 7.69. The first-order chi connectivity index (χ1) is 15.1. The predicted molar refractivity (Wildman–Crippen MR) is 117 cm³/mol. The van der Waals surface area contributed by atoms with Crippen LogP contribution in [0.1, 0.15) is 30.8 Å². The number of aromatic nitrogens is 4. The number of nitrogens with zero attached hydrogens (tertiary/aromatic N) is 4. The van der Waals surface area contributed by atoms with Gasteiger partial charge in [0.05, 0.1) is 13.0 Å². The van der Waals surface area contributed by atoms with Crippen LogP contribution in [0.25, 0.3) is 0 Å². The van der Waals surface area contributed by atoms with Crippen LogP contribution in [-0.2, 0) is 30.1 Å². The Balaban J connectivity index is 1.37. The van der Waals surface area contributed by atoms with E-state index in [1.807, 2.05) is 30.3 Å². The van der Waals surface area contributed by atoms with Gasteiger partial charge in [0.25, 0.3) is 0 Å². The van der Waals surface area contributed by atoms with Gasteiger partial charge in [-0.05, 0) is 41.3 Å². The summed E-state index contributed by atoms with van der Waals surface area (Å²) >= 11 is 1.63. The molecule has 2 aromatic heterocycles. The Hall–Kier alpha value is -3.07. The maximum Gasteiger partial charge on any atom is 0.231 e. The summed E-state index contributed by atoms with van der Waals surface area (Å²) in [5.41, 5.74) is 2.05. The van der Waals surface area contributed by atoms with Crippen LogP contribution in [0, 0.1) is 5.92 Å². The van der Waals surface area contributed by atoms with Crippen molar-refractivity contribution >= 4 is 17.7 Å². The Morgan fingerprint density at radius 3 is 2.74 bits per heavy atom. The third-order valence-electron chi connectivity index (χ3n) is 4.70. The van der Waals surface area contributed by atoms with E-state index in [1.54, 1.807) is 24.2 Å². The number of benzene rings is 1. The van der Waals surface area contributed by atoms with E-state index < -0.39 is 0 Å². The van der Waals surface area contributed by atoms with Gasteiger partial charge in [-0.15, -0.1) is 10.2 Å². The lowest BCUT2D eigenvalue weighted by molar-refractivity contribution is -0.120. The molecule has 3 heterocycles. The molecule has 0 saturated heterocycles. The number of nitrogens with one attached hydrogen (secondary N) is 1. The monoisotopic (exact) mass is 439 g/mol. The highest BCUT2D eigenvalue weighted by Gasteiger charge is 2.17. The molecule has 1 amide bonds. The summed E-state index contributed by atoms with van der Waals surface area (Å²) in [6, 6.07) is 9.54. The molecule has 1 aromatic carbocycles. The van der Waals surface area contributed by atoms with Crippen LogP contribution in [0.3, 0.4) is 0 Å². The summed E-state index contributed by atoms with van der Waals surface area (Å²) in [7, 11) is 0. The van der Waals surface area contributed by atoms with Crippen molar-refractivity contribution in [1.82, 2.24) is 25.1 Å². The molecule has 8 nitrogen and oxygen atoms in total. The number of thioether (sulfide) groups is 1. The van der Waals surface area contributed by atoms with Crippen molar-refractivity contribution in [1.29, 1.82) is 0 Å². The standard InChI is InChI=1S/C22H25N5O3S/c1-15(2)12-27-20(25-26-22(27)31-13-16-5-7-23-8-6-16)11-24-21(28)10-17-3-4-18-19(9-17)30-14-29-18/h3-9,15H,10-14H2,1-2H3,(H,24,28). The van der Waals surface area contributed by atoms with E-state index in [0.29, 0.717) is 24.0 Å². The number of pyridine rings is 1. The second kappa shape index (κ2) is 9.82. The topological polar surface area (TPSA) is 91.2 Å². The first-order valence-electron chi connectivity index (χ1n) is 10.2. The maximum absolute atomic E-state index is 12.5. The van der Waals surface area contributed by atoms with Crippen LogP contribution in [0.5, 0.6) is 11.5 Å². The zero-order chi connectivity index (χ0) is 21.6. The van der Waals surface area contributed by atoms with Crippen molar-refractivity contribution in [2.45, 2.75) is 44.3 Å². The highest BCUT2D eigenvalue weighted by atomic mass is 32.2. The van der Waals surface area contributed by atoms with Crippen LogP contribution in [0.4, 0.5) is 0 Å². The van der Waals surface area contributed by atoms with Gasteiger partial charge in [0.2, 0.25) is 12.7 Å². The van der Waals surface area contributed by atoms with Crippen molar-refractivity contribution in [2.75, 3.05) is 6.79 Å². The van der Waals surface area contributed by atoms with E-state index in [9.17, 15) is 4.79 Å². The number of rotatable bonds is 9. The van der Waals surface area contributed by atoms with Crippen molar-refractivity contribution in [3.63, 3.8) is 0 Å². The Bertz CT molecular complexity index is 1040. The van der Waals surface area contributed by atoms with Gasteiger partial charge < -0.3 is 19.4 Å². The molecule has 4 rings (SSSR count). The van der Waals surface area contributed by atoms with Gasteiger partial charge in [-0.25, -0.2) is 0 Å². The quantitative estimate of drug-likeness (QED) is 0.512. The number of carbonyl (C=O) groups is 1. The third kappa shape index (κ3) is 5.55. The van der Waals surface area contributed by atoms with Gasteiger partial charge in [0, 0.05) is 24.7 Å². The lowest BCUT2D eigenvalue weighted by Crippen LogP contribution is -2.26. The van der Waals surface area contributed by atoms with Crippen molar-refractivity contribution in [2.24, 2.45) is 5.92 Å². The fraction of sp³-hybridized carbons (Fsp3) is 0.364. The van der Waals surface area contributed by atoms with Crippen molar-refractivity contribution in [3.05, 3.63) is 59.7 Å². The van der Waals surface area contributed by atoms with Gasteiger partial charge in [-0.3, -0.25) is 9.78 Å². The Morgan fingerprint density at radius 2 is 1.94 bits per heavy atom. The Morgan fingerprint density at radius 1 is 1.13 bits per heavy atom. The molecule has 0 bridgehead atoms. The summed E-state index contributed by atoms with van der Waals surface area (Å²) in [5.74, 6) is 3.28. The number of fused-ring (bicyclic) bond motifs is 1. The van der Waals surface area contributed by atoms with Crippen molar-refractivity contribution < 1.29 is 14.3 Å². The van der Waals surface area contributed by atoms with Crippen LogP contribution in [0.2, 0.25) is 0 Å². The molecule has 0 saturated carbocycles. The van der Waals surface area contributed by atoms with E-state index in [-0.39, 0.29) is 19.1 Å². The van der Waals surface area contributed by atoms with Crippen LogP contribution in [0.15, 0.2) is 47.9 Å². The molecule has 0 atom stereocenters. The number of ether oxygens (including phenoxy) is 2. The van der Waals surface area contributed by atoms with E-state index in [1.165, 1.54) is 5.56 Å². The second-order valence-corrected chi connectivity index (χ2v) is 8.63. The molecule has 0 unspecified atom stereocenters. The minimum atomic E-state index is -0.0797. The zero-order valence-corrected chi connectivity index (χ0v) is 18.4. The number of hydrogen-bond acceptors (Lipinski definition) is 7.